The number of nitrogens with one attached hydrogen (secondary N) is 1. The van der Waals surface area contributed by atoms with Gasteiger partial charge in [-0.3, -0.25) is 14.8 Å². The van der Waals surface area contributed by atoms with Crippen molar-refractivity contribution in [3.63, 3.8) is 0 Å². The van der Waals surface area contributed by atoms with Crippen LogP contribution in [0, 0.1) is 0 Å². The maximum absolute atomic E-state index is 13.3. The van der Waals surface area contributed by atoms with Crippen LogP contribution in [0.15, 0.2) is 30.3 Å². The highest BCUT2D eigenvalue weighted by Crippen LogP contribution is 2.50. The lowest BCUT2D eigenvalue weighted by Crippen LogP contribution is -2.53. The Balaban J connectivity index is 1.48. The molecule has 1 N–H and O–H groups in total. The zero-order chi connectivity index (χ0) is 16.6. The Hall–Kier alpha value is -1.62. The van der Waals surface area contributed by atoms with Crippen molar-refractivity contribution in [2.45, 2.75) is 56.4 Å². The van der Waals surface area contributed by atoms with Gasteiger partial charge >= 0.3 is 0 Å². The molecule has 0 aromatic heterocycles. The lowest BCUT2D eigenvalue weighted by Gasteiger charge is -2.34. The molecule has 4 nitrogen and oxygen atoms in total. The molecule has 1 saturated heterocycles. The lowest BCUT2D eigenvalue weighted by molar-refractivity contribution is -0.141. The summed E-state index contributed by atoms with van der Waals surface area (Å²) in [7, 11) is 0. The molecule has 0 atom stereocenters. The molecule has 1 amide bonds. The number of rotatable bonds is 3. The van der Waals surface area contributed by atoms with Crippen molar-refractivity contribution in [3.8, 4) is 0 Å². The first-order valence-electron chi connectivity index (χ1n) is 9.16. The Kier molecular flexibility index (Phi) is 4.21. The van der Waals surface area contributed by atoms with Crippen LogP contribution in [0.25, 0.3) is 0 Å². The fourth-order valence-corrected chi connectivity index (χ4v) is 4.47. The molecule has 4 rings (SSSR count). The third-order valence-electron chi connectivity index (χ3n) is 5.67. The summed E-state index contributed by atoms with van der Waals surface area (Å²) in [4.78, 5) is 13.3. The predicted molar refractivity (Wildman–Crippen MR) is 98.4 cm³/mol. The molecule has 2 saturated carbocycles. The summed E-state index contributed by atoms with van der Waals surface area (Å²) >= 11 is 5.63. The van der Waals surface area contributed by atoms with Crippen LogP contribution < -0.4 is 5.32 Å². The Labute approximate surface area is 149 Å². The number of carbonyl (C=O) groups excluding carboxylic acids is 1. The number of amides is 1. The van der Waals surface area contributed by atoms with Crippen LogP contribution in [0.2, 0.25) is 0 Å². The molecule has 3 aliphatic rings. The van der Waals surface area contributed by atoms with E-state index in [1.54, 1.807) is 0 Å². The Bertz CT molecular complexity index is 623. The molecule has 24 heavy (non-hydrogen) atoms. The van der Waals surface area contributed by atoms with Gasteiger partial charge in [0.2, 0.25) is 0 Å². The fourth-order valence-electron chi connectivity index (χ4n) is 4.11. The molecule has 0 bridgehead atoms. The highest BCUT2D eigenvalue weighted by atomic mass is 32.1. The van der Waals surface area contributed by atoms with Gasteiger partial charge in [-0.05, 0) is 49.9 Å². The molecule has 128 valence electrons. The second kappa shape index (κ2) is 6.36. The number of nitrogens with zero attached hydrogens (tertiary/aromatic N) is 2. The summed E-state index contributed by atoms with van der Waals surface area (Å²) < 4.78 is 0. The van der Waals surface area contributed by atoms with Crippen LogP contribution in [0.1, 0.15) is 50.5 Å². The van der Waals surface area contributed by atoms with Gasteiger partial charge in [0.1, 0.15) is 0 Å². The van der Waals surface area contributed by atoms with Gasteiger partial charge in [0.05, 0.1) is 5.41 Å². The van der Waals surface area contributed by atoms with Gasteiger partial charge in [-0.25, -0.2) is 0 Å². The van der Waals surface area contributed by atoms with E-state index in [2.05, 4.69) is 17.4 Å². The Morgan fingerprint density at radius 1 is 1.04 bits per heavy atom. The zero-order valence-corrected chi connectivity index (χ0v) is 14.9. The first-order chi connectivity index (χ1) is 11.7. The van der Waals surface area contributed by atoms with E-state index in [-0.39, 0.29) is 11.3 Å². The number of hydrogen-bond donors (Lipinski definition) is 1. The summed E-state index contributed by atoms with van der Waals surface area (Å²) in [6, 6.07) is 10.7. The van der Waals surface area contributed by atoms with Crippen LogP contribution in [0.4, 0.5) is 0 Å². The normalized spacial score (nSPS) is 22.7. The van der Waals surface area contributed by atoms with Gasteiger partial charge in [-0.1, -0.05) is 43.2 Å². The topological polar surface area (TPSA) is 35.6 Å². The minimum atomic E-state index is -0.313. The molecule has 3 fully saturated rings. The van der Waals surface area contributed by atoms with Gasteiger partial charge in [-0.2, -0.15) is 0 Å². The van der Waals surface area contributed by atoms with Crippen LogP contribution in [-0.2, 0) is 10.2 Å². The number of hydrogen-bond acceptors (Lipinski definition) is 2. The fraction of sp³-hybridized carbons (Fsp3) is 0.579. The third kappa shape index (κ3) is 2.79. The van der Waals surface area contributed by atoms with E-state index in [9.17, 15) is 4.79 Å². The van der Waals surface area contributed by atoms with E-state index in [0.29, 0.717) is 6.04 Å². The van der Waals surface area contributed by atoms with E-state index in [4.69, 9.17) is 12.2 Å². The van der Waals surface area contributed by atoms with Crippen LogP contribution >= 0.6 is 12.2 Å². The second-order valence-electron chi connectivity index (χ2n) is 7.28. The minimum Gasteiger partial charge on any atom is -0.358 e. The average Bonchev–Trinajstić information content (AvgIpc) is 3.02. The van der Waals surface area contributed by atoms with E-state index >= 15 is 0 Å². The Morgan fingerprint density at radius 3 is 2.38 bits per heavy atom. The van der Waals surface area contributed by atoms with E-state index in [1.165, 1.54) is 25.7 Å². The van der Waals surface area contributed by atoms with Crippen molar-refractivity contribution in [1.29, 1.82) is 0 Å². The van der Waals surface area contributed by atoms with E-state index in [0.717, 1.165) is 43.0 Å². The van der Waals surface area contributed by atoms with Gasteiger partial charge in [-0.15, -0.1) is 0 Å². The number of benzene rings is 1. The summed E-state index contributed by atoms with van der Waals surface area (Å²) in [6.07, 6.45) is 7.82. The Morgan fingerprint density at radius 2 is 1.71 bits per heavy atom. The standard InChI is InChI=1S/C19H25N3OS/c23-17(19(11-12-19)15-7-2-1-3-8-15)21-13-6-14-22(21)18(24)20-16-9-4-5-10-16/h1-3,7-8,16H,4-6,9-14H2,(H,20,24). The largest absolute Gasteiger partial charge is 0.358 e. The van der Waals surface area contributed by atoms with Crippen molar-refractivity contribution >= 4 is 23.2 Å². The van der Waals surface area contributed by atoms with Gasteiger partial charge in [0, 0.05) is 19.1 Å². The minimum absolute atomic E-state index is 0.224. The molecule has 0 radical (unpaired) electrons. The van der Waals surface area contributed by atoms with Crippen LogP contribution in [0.5, 0.6) is 0 Å². The first-order valence-corrected chi connectivity index (χ1v) is 9.57. The number of thiocarbonyl (C=S) groups is 1. The van der Waals surface area contributed by atoms with Crippen LogP contribution in [-0.4, -0.2) is 40.2 Å². The molecule has 1 aliphatic heterocycles. The van der Waals surface area contributed by atoms with Crippen molar-refractivity contribution in [3.05, 3.63) is 35.9 Å². The molecule has 1 aromatic carbocycles. The van der Waals surface area contributed by atoms with Crippen molar-refractivity contribution in [1.82, 2.24) is 15.3 Å². The molecular formula is C19H25N3OS. The second-order valence-corrected chi connectivity index (χ2v) is 7.67. The van der Waals surface area contributed by atoms with Crippen molar-refractivity contribution in [2.75, 3.05) is 13.1 Å². The van der Waals surface area contributed by atoms with Gasteiger partial charge in [0.15, 0.2) is 5.11 Å². The van der Waals surface area contributed by atoms with Crippen LogP contribution in [0.3, 0.4) is 0 Å². The number of hydrazine groups is 1. The lowest BCUT2D eigenvalue weighted by atomic mass is 9.95. The van der Waals surface area contributed by atoms with Gasteiger partial charge < -0.3 is 5.32 Å². The highest BCUT2D eigenvalue weighted by molar-refractivity contribution is 7.80. The van der Waals surface area contributed by atoms with E-state index in [1.807, 2.05) is 28.2 Å². The monoisotopic (exact) mass is 343 g/mol. The molecule has 1 heterocycles. The predicted octanol–water partition coefficient (Wildman–Crippen LogP) is 2.98. The van der Waals surface area contributed by atoms with E-state index < -0.39 is 0 Å². The number of carbonyl (C=O) groups is 1. The third-order valence-corrected chi connectivity index (χ3v) is 6.00. The summed E-state index contributed by atoms with van der Waals surface area (Å²) in [5, 5.41) is 8.13. The molecule has 0 spiro atoms. The summed E-state index contributed by atoms with van der Waals surface area (Å²) in [6.45, 7) is 1.62. The summed E-state index contributed by atoms with van der Waals surface area (Å²) in [5.74, 6) is 0.224. The average molecular weight is 343 g/mol. The highest BCUT2D eigenvalue weighted by Gasteiger charge is 2.54. The quantitative estimate of drug-likeness (QED) is 0.856. The first kappa shape index (κ1) is 15.9. The summed E-state index contributed by atoms with van der Waals surface area (Å²) in [5.41, 5.74) is 0.837. The van der Waals surface area contributed by atoms with Crippen molar-refractivity contribution < 1.29 is 4.79 Å². The smallest absolute Gasteiger partial charge is 0.251 e. The molecule has 2 aliphatic carbocycles. The molecule has 0 unspecified atom stereocenters. The molecule has 1 aromatic rings. The maximum Gasteiger partial charge on any atom is 0.251 e. The van der Waals surface area contributed by atoms with Gasteiger partial charge in [0.25, 0.3) is 5.91 Å². The maximum atomic E-state index is 13.3. The zero-order valence-electron chi connectivity index (χ0n) is 14.0. The SMILES string of the molecule is O=C(N1CCCN1C(=S)NC1CCCC1)C1(c2ccccc2)CC1. The molecule has 5 heteroatoms. The molecular weight excluding hydrogens is 318 g/mol. The van der Waals surface area contributed by atoms with Crippen molar-refractivity contribution in [2.24, 2.45) is 0 Å².